The van der Waals surface area contributed by atoms with E-state index in [9.17, 15) is 0 Å². The highest BCUT2D eigenvalue weighted by Gasteiger charge is 2.10. The average molecular weight is 268 g/mol. The van der Waals surface area contributed by atoms with E-state index in [1.165, 1.54) is 0 Å². The van der Waals surface area contributed by atoms with Gasteiger partial charge in [-0.1, -0.05) is 0 Å². The van der Waals surface area contributed by atoms with Gasteiger partial charge < -0.3 is 24.8 Å². The van der Waals surface area contributed by atoms with Crippen LogP contribution in [0.1, 0.15) is 6.42 Å². The first kappa shape index (κ1) is 15.6. The second kappa shape index (κ2) is 8.61. The summed E-state index contributed by atoms with van der Waals surface area (Å²) in [5, 5.41) is 0. The molecule has 0 aliphatic rings. The molecule has 0 saturated carbocycles. The van der Waals surface area contributed by atoms with Crippen LogP contribution in [0.2, 0.25) is 0 Å². The fraction of sp³-hybridized carbons (Fsp3) is 0.571. The highest BCUT2D eigenvalue weighted by molar-refractivity contribution is 5.69. The number of nitrogen functional groups attached to an aromatic ring is 1. The van der Waals surface area contributed by atoms with Crippen LogP contribution in [0.25, 0.3) is 0 Å². The van der Waals surface area contributed by atoms with E-state index in [0.29, 0.717) is 12.3 Å². The van der Waals surface area contributed by atoms with E-state index in [0.717, 1.165) is 37.6 Å². The third-order valence-corrected chi connectivity index (χ3v) is 2.92. The highest BCUT2D eigenvalue weighted by Crippen LogP contribution is 2.27. The molecule has 0 radical (unpaired) electrons. The fourth-order valence-corrected chi connectivity index (χ4v) is 1.90. The van der Waals surface area contributed by atoms with E-state index < -0.39 is 0 Å². The zero-order chi connectivity index (χ0) is 14.1. The summed E-state index contributed by atoms with van der Waals surface area (Å²) in [4.78, 5) is 2.21. The Bertz CT molecular complexity index is 372. The number of methoxy groups -OCH3 is 3. The topological polar surface area (TPSA) is 57.0 Å². The maximum Gasteiger partial charge on any atom is 0.121 e. The first-order valence-electron chi connectivity index (χ1n) is 6.39. The highest BCUT2D eigenvalue weighted by atomic mass is 16.5. The molecule has 0 atom stereocenters. The molecule has 0 fully saturated rings. The Hall–Kier alpha value is -1.46. The van der Waals surface area contributed by atoms with Gasteiger partial charge in [0, 0.05) is 40.0 Å². The van der Waals surface area contributed by atoms with E-state index in [2.05, 4.69) is 4.90 Å². The molecule has 0 amide bonds. The Balaban J connectivity index is 2.77. The third kappa shape index (κ3) is 4.96. The molecule has 0 aliphatic carbocycles. The molecule has 2 N–H and O–H groups in total. The first-order chi connectivity index (χ1) is 9.22. The van der Waals surface area contributed by atoms with E-state index in [1.54, 1.807) is 21.3 Å². The van der Waals surface area contributed by atoms with E-state index in [-0.39, 0.29) is 0 Å². The standard InChI is InChI=1S/C14H24N2O3/c1-17-9-4-7-16(8-10-18-2)14-6-5-12(19-3)11-13(14)15/h5-6,11H,4,7-10,15H2,1-3H3. The van der Waals surface area contributed by atoms with Gasteiger partial charge in [-0.15, -0.1) is 0 Å². The SMILES string of the molecule is COCCCN(CCOC)c1ccc(OC)cc1N. The molecule has 5 heteroatoms. The summed E-state index contributed by atoms with van der Waals surface area (Å²) in [7, 11) is 5.04. The maximum absolute atomic E-state index is 6.08. The van der Waals surface area contributed by atoms with Gasteiger partial charge in [0.2, 0.25) is 0 Å². The number of anilines is 2. The van der Waals surface area contributed by atoms with Gasteiger partial charge in [-0.3, -0.25) is 0 Å². The summed E-state index contributed by atoms with van der Waals surface area (Å²) in [6.45, 7) is 3.09. The molecule has 1 aromatic rings. The van der Waals surface area contributed by atoms with E-state index in [4.69, 9.17) is 19.9 Å². The largest absolute Gasteiger partial charge is 0.497 e. The van der Waals surface area contributed by atoms with Gasteiger partial charge >= 0.3 is 0 Å². The van der Waals surface area contributed by atoms with Crippen LogP contribution < -0.4 is 15.4 Å². The van der Waals surface area contributed by atoms with Gasteiger partial charge in [0.05, 0.1) is 25.1 Å². The fourth-order valence-electron chi connectivity index (χ4n) is 1.90. The Morgan fingerprint density at radius 3 is 2.37 bits per heavy atom. The number of hydrogen-bond acceptors (Lipinski definition) is 5. The van der Waals surface area contributed by atoms with Crippen molar-refractivity contribution < 1.29 is 14.2 Å². The molecule has 108 valence electrons. The summed E-state index contributed by atoms with van der Waals surface area (Å²) >= 11 is 0. The van der Waals surface area contributed by atoms with E-state index >= 15 is 0 Å². The molecule has 0 spiro atoms. The number of nitrogens with zero attached hydrogens (tertiary/aromatic N) is 1. The molecular weight excluding hydrogens is 244 g/mol. The molecular formula is C14H24N2O3. The van der Waals surface area contributed by atoms with Crippen LogP contribution in [0.4, 0.5) is 11.4 Å². The smallest absolute Gasteiger partial charge is 0.121 e. The minimum atomic E-state index is 0.665. The van der Waals surface area contributed by atoms with Gasteiger partial charge in [0.1, 0.15) is 5.75 Å². The number of hydrogen-bond donors (Lipinski definition) is 1. The second-order valence-corrected chi connectivity index (χ2v) is 4.25. The Kier molecular flexibility index (Phi) is 7.07. The van der Waals surface area contributed by atoms with Gasteiger partial charge in [0.15, 0.2) is 0 Å². The monoisotopic (exact) mass is 268 g/mol. The molecule has 0 bridgehead atoms. The predicted octanol–water partition coefficient (Wildman–Crippen LogP) is 1.77. The minimum absolute atomic E-state index is 0.665. The van der Waals surface area contributed by atoms with Crippen LogP contribution in [-0.2, 0) is 9.47 Å². The Morgan fingerprint density at radius 2 is 1.79 bits per heavy atom. The van der Waals surface area contributed by atoms with Crippen LogP contribution in [0.3, 0.4) is 0 Å². The van der Waals surface area contributed by atoms with Crippen molar-refractivity contribution in [3.8, 4) is 5.75 Å². The summed E-state index contributed by atoms with van der Waals surface area (Å²) < 4.78 is 15.4. The molecule has 0 unspecified atom stereocenters. The Morgan fingerprint density at radius 1 is 1.05 bits per heavy atom. The number of rotatable bonds is 9. The predicted molar refractivity (Wildman–Crippen MR) is 78.0 cm³/mol. The van der Waals surface area contributed by atoms with Crippen molar-refractivity contribution in [1.82, 2.24) is 0 Å². The lowest BCUT2D eigenvalue weighted by Gasteiger charge is -2.26. The van der Waals surface area contributed by atoms with Crippen LogP contribution in [0, 0.1) is 0 Å². The minimum Gasteiger partial charge on any atom is -0.497 e. The zero-order valence-corrected chi connectivity index (χ0v) is 12.0. The molecule has 5 nitrogen and oxygen atoms in total. The van der Waals surface area contributed by atoms with Crippen molar-refractivity contribution in [3.05, 3.63) is 18.2 Å². The molecule has 0 aliphatic heterocycles. The van der Waals surface area contributed by atoms with Crippen molar-refractivity contribution in [1.29, 1.82) is 0 Å². The lowest BCUT2D eigenvalue weighted by molar-refractivity contribution is 0.191. The van der Waals surface area contributed by atoms with Gasteiger partial charge in [-0.25, -0.2) is 0 Å². The number of nitrogens with two attached hydrogens (primary N) is 1. The van der Waals surface area contributed by atoms with Crippen LogP contribution in [0.15, 0.2) is 18.2 Å². The Labute approximate surface area is 115 Å². The molecule has 0 saturated heterocycles. The van der Waals surface area contributed by atoms with Gasteiger partial charge in [0.25, 0.3) is 0 Å². The van der Waals surface area contributed by atoms with Crippen molar-refractivity contribution >= 4 is 11.4 Å². The van der Waals surface area contributed by atoms with Crippen molar-refractivity contribution in [2.45, 2.75) is 6.42 Å². The van der Waals surface area contributed by atoms with Crippen molar-refractivity contribution in [2.75, 3.05) is 58.3 Å². The van der Waals surface area contributed by atoms with Crippen LogP contribution >= 0.6 is 0 Å². The summed E-state index contributed by atoms with van der Waals surface area (Å²) in [6, 6.07) is 5.74. The van der Waals surface area contributed by atoms with Gasteiger partial charge in [-0.2, -0.15) is 0 Å². The van der Waals surface area contributed by atoms with Crippen LogP contribution in [-0.4, -0.2) is 47.6 Å². The summed E-state index contributed by atoms with van der Waals surface area (Å²) in [5.74, 6) is 0.768. The summed E-state index contributed by atoms with van der Waals surface area (Å²) in [5.41, 5.74) is 7.80. The molecule has 1 rings (SSSR count). The summed E-state index contributed by atoms with van der Waals surface area (Å²) in [6.07, 6.45) is 0.950. The second-order valence-electron chi connectivity index (χ2n) is 4.25. The quantitative estimate of drug-likeness (QED) is 0.546. The molecule has 0 aromatic heterocycles. The van der Waals surface area contributed by atoms with Gasteiger partial charge in [-0.05, 0) is 18.6 Å². The van der Waals surface area contributed by atoms with Crippen molar-refractivity contribution in [2.24, 2.45) is 0 Å². The lowest BCUT2D eigenvalue weighted by atomic mass is 10.2. The van der Waals surface area contributed by atoms with E-state index in [1.807, 2.05) is 18.2 Å². The maximum atomic E-state index is 6.08. The average Bonchev–Trinajstić information content (AvgIpc) is 2.43. The zero-order valence-electron chi connectivity index (χ0n) is 12.0. The van der Waals surface area contributed by atoms with Crippen LogP contribution in [0.5, 0.6) is 5.75 Å². The molecule has 19 heavy (non-hydrogen) atoms. The normalized spacial score (nSPS) is 10.5. The molecule has 0 heterocycles. The third-order valence-electron chi connectivity index (χ3n) is 2.92. The lowest BCUT2D eigenvalue weighted by Crippen LogP contribution is -2.29. The molecule has 1 aromatic carbocycles. The number of benzene rings is 1. The first-order valence-corrected chi connectivity index (χ1v) is 6.39. The number of ether oxygens (including phenoxy) is 3. The van der Waals surface area contributed by atoms with Crippen molar-refractivity contribution in [3.63, 3.8) is 0 Å².